The van der Waals surface area contributed by atoms with Gasteiger partial charge in [0, 0.05) is 0 Å². The summed E-state index contributed by atoms with van der Waals surface area (Å²) in [4.78, 5) is 0. The third-order valence-corrected chi connectivity index (χ3v) is 19.6. The van der Waals surface area contributed by atoms with Crippen LogP contribution in [0, 0.1) is 0 Å². The second kappa shape index (κ2) is 12.6. The van der Waals surface area contributed by atoms with Crippen molar-refractivity contribution in [3.8, 4) is 0 Å². The van der Waals surface area contributed by atoms with Crippen molar-refractivity contribution >= 4 is 47.8 Å². The fraction of sp³-hybridized carbons (Fsp3) is 0. The fourth-order valence-electron chi connectivity index (χ4n) is 5.65. The number of rotatable bonds is 10. The Bertz CT molecular complexity index is 1530. The molecule has 6 rings (SSSR count). The molecule has 0 atom stereocenters. The molecular weight excluding hydrogens is 605 g/mol. The van der Waals surface area contributed by atoms with Gasteiger partial charge >= 0.3 is 258 Å². The van der Waals surface area contributed by atoms with Crippen molar-refractivity contribution in [2.24, 2.45) is 0 Å². The van der Waals surface area contributed by atoms with Gasteiger partial charge in [-0.1, -0.05) is 0 Å². The molecule has 0 aromatic heterocycles. The molecule has 0 radical (unpaired) electrons. The summed E-state index contributed by atoms with van der Waals surface area (Å²) in [7, 11) is -7.24. The Hall–Kier alpha value is -4.19. The second-order valence-corrected chi connectivity index (χ2v) is 19.5. The Morgan fingerprint density at radius 3 is 0.628 bits per heavy atom. The summed E-state index contributed by atoms with van der Waals surface area (Å²) >= 11 is -5.69. The predicted octanol–water partition coefficient (Wildman–Crippen LogP) is 4.03. The minimum atomic E-state index is -5.69. The number of benzene rings is 6. The monoisotopic (exact) mass is 634 g/mol. The zero-order chi connectivity index (χ0) is 29.6. The van der Waals surface area contributed by atoms with E-state index >= 15 is 0 Å². The van der Waals surface area contributed by atoms with E-state index in [0.717, 1.165) is 31.1 Å². The molecule has 0 bridgehead atoms. The summed E-state index contributed by atoms with van der Waals surface area (Å²) in [5.74, 6) is 0. The Kier molecular flexibility index (Phi) is 8.46. The van der Waals surface area contributed by atoms with E-state index < -0.39 is 30.2 Å². The molecule has 0 N–H and O–H groups in total. The van der Waals surface area contributed by atoms with Gasteiger partial charge in [-0.25, -0.2) is 0 Å². The second-order valence-electron chi connectivity index (χ2n) is 10.1. The van der Waals surface area contributed by atoms with E-state index in [1.807, 2.05) is 182 Å². The molecule has 6 aromatic carbocycles. The van der Waals surface area contributed by atoms with Gasteiger partial charge in [0.15, 0.2) is 0 Å². The summed E-state index contributed by atoms with van der Waals surface area (Å²) in [6, 6.07) is 58.1. The summed E-state index contributed by atoms with van der Waals surface area (Å²) in [6.45, 7) is 0. The molecule has 0 fully saturated rings. The van der Waals surface area contributed by atoms with Crippen LogP contribution >= 0.6 is 0 Å². The zero-order valence-electron chi connectivity index (χ0n) is 23.4. The SMILES string of the molecule is [O]=[Cr](=[O])([O][Si](c1ccccc1)(c1ccccc1)c1ccccc1)[O][Si](c1ccccc1)(c1ccccc1)c1ccccc1. The van der Waals surface area contributed by atoms with Crippen LogP contribution in [0.4, 0.5) is 0 Å². The maximum absolute atomic E-state index is 14.8. The zero-order valence-corrected chi connectivity index (χ0v) is 26.6. The normalized spacial score (nSPS) is 12.1. The van der Waals surface area contributed by atoms with Gasteiger partial charge in [0.05, 0.1) is 0 Å². The third-order valence-electron chi connectivity index (χ3n) is 7.54. The van der Waals surface area contributed by atoms with Crippen molar-refractivity contribution in [3.05, 3.63) is 182 Å². The molecule has 0 heterocycles. The summed E-state index contributed by atoms with van der Waals surface area (Å²) in [5.41, 5.74) is 0. The van der Waals surface area contributed by atoms with Gasteiger partial charge in [0.1, 0.15) is 0 Å². The first-order valence-electron chi connectivity index (χ1n) is 14.0. The first-order chi connectivity index (χ1) is 21.0. The van der Waals surface area contributed by atoms with Gasteiger partial charge in [0.25, 0.3) is 0 Å². The van der Waals surface area contributed by atoms with Gasteiger partial charge in [-0.15, -0.1) is 0 Å². The van der Waals surface area contributed by atoms with E-state index in [9.17, 15) is 7.61 Å². The fourth-order valence-corrected chi connectivity index (χ4v) is 19.0. The van der Waals surface area contributed by atoms with Crippen molar-refractivity contribution in [2.75, 3.05) is 0 Å². The Balaban J connectivity index is 1.60. The predicted molar refractivity (Wildman–Crippen MR) is 172 cm³/mol. The van der Waals surface area contributed by atoms with E-state index in [-0.39, 0.29) is 0 Å². The average Bonchev–Trinajstić information content (AvgIpc) is 3.08. The number of hydrogen-bond donors (Lipinski definition) is 0. The van der Waals surface area contributed by atoms with Crippen LogP contribution in [-0.2, 0) is 28.2 Å². The van der Waals surface area contributed by atoms with Crippen LogP contribution in [-0.4, -0.2) is 16.6 Å². The van der Waals surface area contributed by atoms with E-state index in [1.54, 1.807) is 0 Å². The Morgan fingerprint density at radius 1 is 0.302 bits per heavy atom. The van der Waals surface area contributed by atoms with Crippen molar-refractivity contribution in [2.45, 2.75) is 0 Å². The molecule has 0 aliphatic carbocycles. The Morgan fingerprint density at radius 2 is 0.465 bits per heavy atom. The van der Waals surface area contributed by atoms with Gasteiger partial charge in [-0.2, -0.15) is 0 Å². The third kappa shape index (κ3) is 5.75. The van der Waals surface area contributed by atoms with E-state index in [0.29, 0.717) is 0 Å². The number of hydrogen-bond acceptors (Lipinski definition) is 4. The molecular formula is C36H30CrO4Si2. The van der Waals surface area contributed by atoms with Crippen molar-refractivity contribution in [3.63, 3.8) is 0 Å². The summed E-state index contributed by atoms with van der Waals surface area (Å²) in [6.07, 6.45) is 0. The summed E-state index contributed by atoms with van der Waals surface area (Å²) < 4.78 is 43.0. The minimum absolute atomic E-state index is 0.815. The van der Waals surface area contributed by atoms with Crippen LogP contribution < -0.4 is 31.1 Å². The molecule has 0 aliphatic rings. The molecule has 0 spiro atoms. The van der Waals surface area contributed by atoms with Crippen molar-refractivity contribution in [1.29, 1.82) is 0 Å². The van der Waals surface area contributed by atoms with Gasteiger partial charge in [-0.05, 0) is 0 Å². The maximum atomic E-state index is 14.8. The molecule has 0 aliphatic heterocycles. The van der Waals surface area contributed by atoms with Crippen LogP contribution in [0.2, 0.25) is 0 Å². The van der Waals surface area contributed by atoms with Crippen LogP contribution in [0.1, 0.15) is 0 Å². The first kappa shape index (κ1) is 28.9. The van der Waals surface area contributed by atoms with Gasteiger partial charge in [0.2, 0.25) is 0 Å². The average molecular weight is 635 g/mol. The molecule has 212 valence electrons. The molecule has 7 heteroatoms. The first-order valence-corrected chi connectivity index (χ1v) is 19.9. The molecule has 0 saturated heterocycles. The molecule has 0 unspecified atom stereocenters. The Labute approximate surface area is 256 Å². The van der Waals surface area contributed by atoms with Crippen LogP contribution in [0.5, 0.6) is 0 Å². The van der Waals surface area contributed by atoms with Crippen LogP contribution in [0.15, 0.2) is 182 Å². The van der Waals surface area contributed by atoms with E-state index in [1.165, 1.54) is 0 Å². The molecule has 0 amide bonds. The molecule has 0 saturated carbocycles. The topological polar surface area (TPSA) is 52.6 Å². The van der Waals surface area contributed by atoms with Crippen LogP contribution in [0.25, 0.3) is 0 Å². The van der Waals surface area contributed by atoms with E-state index in [4.69, 9.17) is 6.96 Å². The molecule has 4 nitrogen and oxygen atoms in total. The van der Waals surface area contributed by atoms with E-state index in [2.05, 4.69) is 0 Å². The van der Waals surface area contributed by atoms with Gasteiger partial charge in [-0.3, -0.25) is 0 Å². The quantitative estimate of drug-likeness (QED) is 0.169. The molecule has 43 heavy (non-hydrogen) atoms. The van der Waals surface area contributed by atoms with Gasteiger partial charge < -0.3 is 0 Å². The standard InChI is InChI=1S/2C18H15OSi.Cr.2O/c2*19-20(16-10-4-1-5-11-16,17-12-6-2-7-13-17)18-14-8-3-9-15-18;;;/h2*1-15H;;;/q2*-1;+2;;. The van der Waals surface area contributed by atoms with Crippen molar-refractivity contribution < 1.29 is 28.2 Å². The molecule has 6 aromatic rings. The van der Waals surface area contributed by atoms with Crippen molar-refractivity contribution in [1.82, 2.24) is 0 Å². The summed E-state index contributed by atoms with van der Waals surface area (Å²) in [5, 5.41) is 4.89. The van der Waals surface area contributed by atoms with Crippen LogP contribution in [0.3, 0.4) is 0 Å².